The van der Waals surface area contributed by atoms with Crippen LogP contribution in [0, 0.1) is 13.8 Å². The van der Waals surface area contributed by atoms with Crippen molar-refractivity contribution in [3.63, 3.8) is 0 Å². The van der Waals surface area contributed by atoms with Gasteiger partial charge in [-0.25, -0.2) is 0 Å². The molecule has 0 saturated heterocycles. The SMILES string of the molecule is Cc1nn(CCc2cccs2)c(C)c1CO. The molecule has 3 nitrogen and oxygen atoms in total. The highest BCUT2D eigenvalue weighted by atomic mass is 32.1. The first-order valence-corrected chi connectivity index (χ1v) is 6.26. The molecule has 2 aromatic rings. The summed E-state index contributed by atoms with van der Waals surface area (Å²) in [6, 6.07) is 4.21. The Hall–Kier alpha value is -1.13. The zero-order chi connectivity index (χ0) is 11.5. The summed E-state index contributed by atoms with van der Waals surface area (Å²) in [6.45, 7) is 4.92. The normalized spacial score (nSPS) is 10.9. The van der Waals surface area contributed by atoms with Gasteiger partial charge in [0.25, 0.3) is 0 Å². The number of aliphatic hydroxyl groups excluding tert-OH is 1. The fraction of sp³-hybridized carbons (Fsp3) is 0.417. The Labute approximate surface area is 99.4 Å². The third-order valence-electron chi connectivity index (χ3n) is 2.84. The van der Waals surface area contributed by atoms with Crippen molar-refractivity contribution in [3.05, 3.63) is 39.3 Å². The van der Waals surface area contributed by atoms with E-state index < -0.39 is 0 Å². The minimum Gasteiger partial charge on any atom is -0.392 e. The summed E-state index contributed by atoms with van der Waals surface area (Å²) in [6.07, 6.45) is 1.00. The smallest absolute Gasteiger partial charge is 0.0718 e. The second kappa shape index (κ2) is 4.80. The molecule has 0 bridgehead atoms. The van der Waals surface area contributed by atoms with Crippen LogP contribution >= 0.6 is 11.3 Å². The van der Waals surface area contributed by atoms with E-state index in [0.717, 1.165) is 29.9 Å². The second-order valence-electron chi connectivity index (χ2n) is 3.86. The van der Waals surface area contributed by atoms with Gasteiger partial charge in [-0.05, 0) is 25.3 Å². The van der Waals surface area contributed by atoms with E-state index >= 15 is 0 Å². The Balaban J connectivity index is 2.10. The van der Waals surface area contributed by atoms with Crippen LogP contribution in [0.4, 0.5) is 0 Å². The number of nitrogens with zero attached hydrogens (tertiary/aromatic N) is 2. The molecular weight excluding hydrogens is 220 g/mol. The van der Waals surface area contributed by atoms with Crippen LogP contribution in [0.25, 0.3) is 0 Å². The molecule has 16 heavy (non-hydrogen) atoms. The number of aryl methyl sites for hydroxylation is 3. The molecule has 2 rings (SSSR count). The molecular formula is C12H16N2OS. The molecule has 0 fully saturated rings. The van der Waals surface area contributed by atoms with Crippen LogP contribution in [0.3, 0.4) is 0 Å². The van der Waals surface area contributed by atoms with Crippen LogP contribution in [0.15, 0.2) is 17.5 Å². The van der Waals surface area contributed by atoms with Gasteiger partial charge in [0.15, 0.2) is 0 Å². The van der Waals surface area contributed by atoms with Gasteiger partial charge in [0.05, 0.1) is 12.3 Å². The van der Waals surface area contributed by atoms with Crippen molar-refractivity contribution in [2.24, 2.45) is 0 Å². The Morgan fingerprint density at radius 1 is 1.44 bits per heavy atom. The first-order chi connectivity index (χ1) is 7.72. The molecule has 2 aromatic heterocycles. The lowest BCUT2D eigenvalue weighted by Crippen LogP contribution is -2.05. The molecule has 0 radical (unpaired) electrons. The van der Waals surface area contributed by atoms with E-state index in [4.69, 9.17) is 0 Å². The summed E-state index contributed by atoms with van der Waals surface area (Å²) < 4.78 is 1.99. The molecule has 0 aliphatic heterocycles. The van der Waals surface area contributed by atoms with Crippen molar-refractivity contribution in [2.45, 2.75) is 33.4 Å². The first kappa shape index (κ1) is 11.4. The predicted molar refractivity (Wildman–Crippen MR) is 65.6 cm³/mol. The fourth-order valence-electron chi connectivity index (χ4n) is 1.85. The van der Waals surface area contributed by atoms with Gasteiger partial charge in [-0.1, -0.05) is 6.07 Å². The van der Waals surface area contributed by atoms with Gasteiger partial charge in [-0.2, -0.15) is 5.10 Å². The van der Waals surface area contributed by atoms with E-state index in [9.17, 15) is 5.11 Å². The van der Waals surface area contributed by atoms with Crippen molar-refractivity contribution in [2.75, 3.05) is 0 Å². The summed E-state index contributed by atoms with van der Waals surface area (Å²) in [5, 5.41) is 15.7. The molecule has 1 N–H and O–H groups in total. The lowest BCUT2D eigenvalue weighted by Gasteiger charge is -2.03. The predicted octanol–water partition coefficient (Wildman–Crippen LogP) is 2.30. The molecule has 0 atom stereocenters. The number of aromatic nitrogens is 2. The summed E-state index contributed by atoms with van der Waals surface area (Å²) in [5.41, 5.74) is 2.98. The highest BCUT2D eigenvalue weighted by Crippen LogP contribution is 2.15. The van der Waals surface area contributed by atoms with Crippen LogP contribution in [-0.2, 0) is 19.6 Å². The molecule has 0 unspecified atom stereocenters. The van der Waals surface area contributed by atoms with Crippen LogP contribution in [0.1, 0.15) is 21.8 Å². The average molecular weight is 236 g/mol. The maximum Gasteiger partial charge on any atom is 0.0718 e. The zero-order valence-corrected chi connectivity index (χ0v) is 10.4. The molecule has 0 spiro atoms. The molecule has 4 heteroatoms. The van der Waals surface area contributed by atoms with Gasteiger partial charge in [0.2, 0.25) is 0 Å². The molecule has 0 amide bonds. The van der Waals surface area contributed by atoms with E-state index in [0.29, 0.717) is 0 Å². The summed E-state index contributed by atoms with van der Waals surface area (Å²) >= 11 is 1.77. The highest BCUT2D eigenvalue weighted by Gasteiger charge is 2.09. The number of aliphatic hydroxyl groups is 1. The van der Waals surface area contributed by atoms with Crippen LogP contribution in [0.5, 0.6) is 0 Å². The Kier molecular flexibility index (Phi) is 3.41. The van der Waals surface area contributed by atoms with Crippen LogP contribution < -0.4 is 0 Å². The largest absolute Gasteiger partial charge is 0.392 e. The monoisotopic (exact) mass is 236 g/mol. The lowest BCUT2D eigenvalue weighted by atomic mass is 10.2. The quantitative estimate of drug-likeness (QED) is 0.884. The topological polar surface area (TPSA) is 38.0 Å². The van der Waals surface area contributed by atoms with Gasteiger partial charge in [-0.15, -0.1) is 11.3 Å². The minimum atomic E-state index is 0.0800. The average Bonchev–Trinajstić information content (AvgIpc) is 2.85. The van der Waals surface area contributed by atoms with Crippen molar-refractivity contribution in [1.82, 2.24) is 9.78 Å². The van der Waals surface area contributed by atoms with Gasteiger partial charge in [0.1, 0.15) is 0 Å². The first-order valence-electron chi connectivity index (χ1n) is 5.38. The maximum atomic E-state index is 9.21. The molecule has 86 valence electrons. The van der Waals surface area contributed by atoms with Gasteiger partial charge in [-0.3, -0.25) is 4.68 Å². The molecule has 0 aliphatic rings. The van der Waals surface area contributed by atoms with Gasteiger partial charge in [0, 0.05) is 29.1 Å². The maximum absolute atomic E-state index is 9.21. The highest BCUT2D eigenvalue weighted by molar-refractivity contribution is 7.09. The van der Waals surface area contributed by atoms with Gasteiger partial charge >= 0.3 is 0 Å². The molecule has 0 aliphatic carbocycles. The minimum absolute atomic E-state index is 0.0800. The lowest BCUT2D eigenvalue weighted by molar-refractivity contribution is 0.280. The summed E-state index contributed by atoms with van der Waals surface area (Å²) in [5.74, 6) is 0. The Morgan fingerprint density at radius 2 is 2.25 bits per heavy atom. The zero-order valence-electron chi connectivity index (χ0n) is 9.60. The van der Waals surface area contributed by atoms with Gasteiger partial charge < -0.3 is 5.11 Å². The second-order valence-corrected chi connectivity index (χ2v) is 4.89. The standard InChI is InChI=1S/C12H16N2OS/c1-9-12(8-15)10(2)14(13-9)6-5-11-4-3-7-16-11/h3-4,7,15H,5-6,8H2,1-2H3. The van der Waals surface area contributed by atoms with Crippen molar-refractivity contribution in [1.29, 1.82) is 0 Å². The molecule has 2 heterocycles. The van der Waals surface area contributed by atoms with E-state index in [1.807, 2.05) is 18.5 Å². The van der Waals surface area contributed by atoms with Crippen molar-refractivity contribution < 1.29 is 5.11 Å². The van der Waals surface area contributed by atoms with E-state index in [2.05, 4.69) is 22.6 Å². The third-order valence-corrected chi connectivity index (χ3v) is 3.78. The fourth-order valence-corrected chi connectivity index (χ4v) is 2.55. The Bertz CT molecular complexity index is 460. The number of hydrogen-bond acceptors (Lipinski definition) is 3. The van der Waals surface area contributed by atoms with Crippen molar-refractivity contribution in [3.8, 4) is 0 Å². The Morgan fingerprint density at radius 3 is 2.81 bits per heavy atom. The van der Waals surface area contributed by atoms with Crippen molar-refractivity contribution >= 4 is 11.3 Å². The number of thiophene rings is 1. The van der Waals surface area contributed by atoms with Crippen LogP contribution in [-0.4, -0.2) is 14.9 Å². The summed E-state index contributed by atoms with van der Waals surface area (Å²) in [4.78, 5) is 1.37. The third kappa shape index (κ3) is 2.18. The number of hydrogen-bond donors (Lipinski definition) is 1. The summed E-state index contributed by atoms with van der Waals surface area (Å²) in [7, 11) is 0. The molecule has 0 aromatic carbocycles. The number of rotatable bonds is 4. The van der Waals surface area contributed by atoms with E-state index in [1.165, 1.54) is 4.88 Å². The molecule has 0 saturated carbocycles. The van der Waals surface area contributed by atoms with E-state index in [1.54, 1.807) is 11.3 Å². The van der Waals surface area contributed by atoms with Crippen LogP contribution in [0.2, 0.25) is 0 Å². The van der Waals surface area contributed by atoms with E-state index in [-0.39, 0.29) is 6.61 Å².